The molecule has 0 fully saturated rings. The fourth-order valence-corrected chi connectivity index (χ4v) is 2.42. The van der Waals surface area contributed by atoms with Crippen LogP contribution in [0.3, 0.4) is 0 Å². The molecule has 0 aliphatic carbocycles. The number of aromatic nitrogens is 2. The fraction of sp³-hybridized carbons (Fsp3) is 0.357. The highest BCUT2D eigenvalue weighted by Gasteiger charge is 2.16. The summed E-state index contributed by atoms with van der Waals surface area (Å²) in [5.41, 5.74) is 7.46. The van der Waals surface area contributed by atoms with Crippen LogP contribution < -0.4 is 5.73 Å². The Morgan fingerprint density at radius 2 is 2.16 bits per heavy atom. The van der Waals surface area contributed by atoms with Crippen molar-refractivity contribution >= 4 is 15.9 Å². The van der Waals surface area contributed by atoms with Gasteiger partial charge in [0.25, 0.3) is 0 Å². The summed E-state index contributed by atoms with van der Waals surface area (Å²) in [6.45, 7) is 4.22. The first-order valence-electron chi connectivity index (χ1n) is 6.22. The van der Waals surface area contributed by atoms with E-state index in [1.165, 1.54) is 6.07 Å². The maximum absolute atomic E-state index is 14.0. The van der Waals surface area contributed by atoms with E-state index >= 15 is 0 Å². The van der Waals surface area contributed by atoms with Crippen LogP contribution in [0, 0.1) is 11.7 Å². The molecule has 5 heteroatoms. The van der Waals surface area contributed by atoms with Gasteiger partial charge in [-0.15, -0.1) is 0 Å². The number of benzene rings is 1. The smallest absolute Gasteiger partial charge is 0.148 e. The third-order valence-corrected chi connectivity index (χ3v) is 3.43. The molecule has 102 valence electrons. The highest BCUT2D eigenvalue weighted by atomic mass is 79.9. The number of nitrogens with two attached hydrogens (primary N) is 1. The largest absolute Gasteiger partial charge is 0.323 e. The maximum atomic E-state index is 14.0. The van der Waals surface area contributed by atoms with Crippen LogP contribution in [0.15, 0.2) is 35.2 Å². The highest BCUT2D eigenvalue weighted by Crippen LogP contribution is 2.24. The Morgan fingerprint density at radius 3 is 2.79 bits per heavy atom. The summed E-state index contributed by atoms with van der Waals surface area (Å²) in [5, 5.41) is 0. The number of hydrogen-bond donors (Lipinski definition) is 1. The van der Waals surface area contributed by atoms with Crippen molar-refractivity contribution in [2.45, 2.75) is 26.3 Å². The van der Waals surface area contributed by atoms with E-state index in [2.05, 4.69) is 34.8 Å². The summed E-state index contributed by atoms with van der Waals surface area (Å²) in [6.07, 6.45) is 4.14. The van der Waals surface area contributed by atoms with E-state index < -0.39 is 0 Å². The summed E-state index contributed by atoms with van der Waals surface area (Å²) in [5.74, 6) is 0.179. The lowest BCUT2D eigenvalue weighted by Crippen LogP contribution is -2.17. The zero-order chi connectivity index (χ0) is 14.0. The Kier molecular flexibility index (Phi) is 4.37. The van der Waals surface area contributed by atoms with E-state index in [9.17, 15) is 4.39 Å². The molecule has 0 saturated carbocycles. The van der Waals surface area contributed by atoms with Gasteiger partial charge in [-0.2, -0.15) is 0 Å². The van der Waals surface area contributed by atoms with Gasteiger partial charge < -0.3 is 5.73 Å². The lowest BCUT2D eigenvalue weighted by atomic mass is 10.0. The maximum Gasteiger partial charge on any atom is 0.148 e. The Labute approximate surface area is 120 Å². The summed E-state index contributed by atoms with van der Waals surface area (Å²) in [4.78, 5) is 4.09. The SMILES string of the molecule is CC(C)CC(N)c1cncn1-c1ccc(Br)cc1F. The molecule has 0 radical (unpaired) electrons. The minimum Gasteiger partial charge on any atom is -0.323 e. The van der Waals surface area contributed by atoms with Gasteiger partial charge in [0.05, 0.1) is 23.9 Å². The van der Waals surface area contributed by atoms with Gasteiger partial charge >= 0.3 is 0 Å². The molecule has 1 unspecified atom stereocenters. The molecule has 1 aromatic carbocycles. The molecule has 2 aromatic rings. The first kappa shape index (κ1) is 14.2. The van der Waals surface area contributed by atoms with Gasteiger partial charge in [0.2, 0.25) is 0 Å². The van der Waals surface area contributed by atoms with Crippen LogP contribution in [0.25, 0.3) is 5.69 Å². The van der Waals surface area contributed by atoms with Crippen molar-refractivity contribution < 1.29 is 4.39 Å². The fourth-order valence-electron chi connectivity index (χ4n) is 2.09. The van der Waals surface area contributed by atoms with Gasteiger partial charge in [0.15, 0.2) is 0 Å². The molecule has 0 spiro atoms. The molecule has 0 saturated heterocycles. The van der Waals surface area contributed by atoms with Crippen LogP contribution in [0.5, 0.6) is 0 Å². The molecule has 2 rings (SSSR count). The van der Waals surface area contributed by atoms with Crippen molar-refractivity contribution in [1.82, 2.24) is 9.55 Å². The van der Waals surface area contributed by atoms with Gasteiger partial charge in [0, 0.05) is 10.5 Å². The van der Waals surface area contributed by atoms with Gasteiger partial charge in [-0.1, -0.05) is 29.8 Å². The third kappa shape index (κ3) is 3.22. The zero-order valence-corrected chi connectivity index (χ0v) is 12.6. The van der Waals surface area contributed by atoms with Crippen molar-refractivity contribution in [3.8, 4) is 5.69 Å². The molecule has 0 aliphatic rings. The molecule has 1 aromatic heterocycles. The van der Waals surface area contributed by atoms with Gasteiger partial charge in [-0.25, -0.2) is 9.37 Å². The Morgan fingerprint density at radius 1 is 1.42 bits per heavy atom. The van der Waals surface area contributed by atoms with Crippen LogP contribution in [0.4, 0.5) is 4.39 Å². The van der Waals surface area contributed by atoms with Crippen molar-refractivity contribution in [3.05, 3.63) is 46.7 Å². The number of halogens is 2. The van der Waals surface area contributed by atoms with Crippen molar-refractivity contribution in [3.63, 3.8) is 0 Å². The molecule has 0 aliphatic heterocycles. The lowest BCUT2D eigenvalue weighted by Gasteiger charge is -2.17. The van der Waals surface area contributed by atoms with Crippen LogP contribution in [-0.4, -0.2) is 9.55 Å². The van der Waals surface area contributed by atoms with E-state index in [0.29, 0.717) is 16.1 Å². The normalized spacial score (nSPS) is 12.9. The minimum absolute atomic E-state index is 0.148. The number of imidazole rings is 1. The van der Waals surface area contributed by atoms with E-state index in [4.69, 9.17) is 5.73 Å². The predicted octanol–water partition coefficient (Wildman–Crippen LogP) is 3.82. The standard InChI is InChI=1S/C14H17BrFN3/c1-9(2)5-12(17)14-7-18-8-19(14)13-4-3-10(15)6-11(13)16/h3-4,6-9,12H,5,17H2,1-2H3. The average molecular weight is 326 g/mol. The van der Waals surface area contributed by atoms with Gasteiger partial charge in [0.1, 0.15) is 5.82 Å². The summed E-state index contributed by atoms with van der Waals surface area (Å²) < 4.78 is 16.4. The van der Waals surface area contributed by atoms with E-state index in [-0.39, 0.29) is 11.9 Å². The molecule has 1 heterocycles. The molecular formula is C14H17BrFN3. The summed E-state index contributed by atoms with van der Waals surface area (Å²) in [6, 6.07) is 4.81. The average Bonchev–Trinajstić information content (AvgIpc) is 2.76. The van der Waals surface area contributed by atoms with Crippen LogP contribution in [0.1, 0.15) is 32.0 Å². The predicted molar refractivity (Wildman–Crippen MR) is 77.6 cm³/mol. The summed E-state index contributed by atoms with van der Waals surface area (Å²) >= 11 is 3.25. The highest BCUT2D eigenvalue weighted by molar-refractivity contribution is 9.10. The molecule has 1 atom stereocenters. The second-order valence-electron chi connectivity index (χ2n) is 5.02. The Bertz CT molecular complexity index is 566. The van der Waals surface area contributed by atoms with E-state index in [1.807, 2.05) is 0 Å². The third-order valence-electron chi connectivity index (χ3n) is 2.94. The first-order valence-corrected chi connectivity index (χ1v) is 7.01. The van der Waals surface area contributed by atoms with E-state index in [0.717, 1.165) is 12.1 Å². The van der Waals surface area contributed by atoms with Crippen LogP contribution in [0.2, 0.25) is 0 Å². The Balaban J connectivity index is 2.38. The second-order valence-corrected chi connectivity index (χ2v) is 5.94. The number of rotatable bonds is 4. The molecular weight excluding hydrogens is 309 g/mol. The molecule has 3 nitrogen and oxygen atoms in total. The molecule has 0 bridgehead atoms. The molecule has 0 amide bonds. The van der Waals surface area contributed by atoms with Gasteiger partial charge in [-0.05, 0) is 30.5 Å². The molecule has 2 N–H and O–H groups in total. The van der Waals surface area contributed by atoms with Crippen molar-refractivity contribution in [2.75, 3.05) is 0 Å². The number of hydrogen-bond acceptors (Lipinski definition) is 2. The Hall–Kier alpha value is -1.20. The van der Waals surface area contributed by atoms with Crippen LogP contribution >= 0.6 is 15.9 Å². The quantitative estimate of drug-likeness (QED) is 0.928. The van der Waals surface area contributed by atoms with Gasteiger partial charge in [-0.3, -0.25) is 4.57 Å². The lowest BCUT2D eigenvalue weighted by molar-refractivity contribution is 0.496. The summed E-state index contributed by atoms with van der Waals surface area (Å²) in [7, 11) is 0. The topological polar surface area (TPSA) is 43.8 Å². The monoisotopic (exact) mass is 325 g/mol. The van der Waals surface area contributed by atoms with Crippen LogP contribution in [-0.2, 0) is 0 Å². The van der Waals surface area contributed by atoms with Crippen molar-refractivity contribution in [2.24, 2.45) is 11.7 Å². The zero-order valence-electron chi connectivity index (χ0n) is 11.0. The van der Waals surface area contributed by atoms with Crippen molar-refractivity contribution in [1.29, 1.82) is 0 Å². The van der Waals surface area contributed by atoms with E-state index in [1.54, 1.807) is 29.2 Å². The second kappa shape index (κ2) is 5.84. The minimum atomic E-state index is -0.301. The first-order chi connectivity index (χ1) is 8.99. The molecule has 19 heavy (non-hydrogen) atoms. The number of nitrogens with zero attached hydrogens (tertiary/aromatic N) is 2.